The number of nitrogens with one attached hydrogen (secondary N) is 1. The molecule has 2 aromatic rings. The lowest BCUT2D eigenvalue weighted by molar-refractivity contribution is 0.000433. The SMILES string of the molecule is Cc1nc2c(C)cccc2cc1C(=O)NC[C@H]1CN(S(C)(=O)=O)CCO1. The summed E-state index contributed by atoms with van der Waals surface area (Å²) in [6.45, 7) is 4.95. The summed E-state index contributed by atoms with van der Waals surface area (Å²) in [5.74, 6) is -0.238. The van der Waals surface area contributed by atoms with Crippen LogP contribution in [0.4, 0.5) is 0 Å². The molecular formula is C18H23N3O4S. The van der Waals surface area contributed by atoms with Crippen LogP contribution in [0, 0.1) is 13.8 Å². The van der Waals surface area contributed by atoms with Crippen molar-refractivity contribution in [2.45, 2.75) is 20.0 Å². The Labute approximate surface area is 153 Å². The standard InChI is InChI=1S/C18H23N3O4S/c1-12-5-4-6-14-9-16(13(2)20-17(12)14)18(22)19-10-15-11-21(7-8-25-15)26(3,23)24/h4-6,9,15H,7-8,10-11H2,1-3H3,(H,19,22)/t15-/m0/s1. The number of hydrogen-bond donors (Lipinski definition) is 1. The second-order valence-electron chi connectivity index (χ2n) is 6.59. The van der Waals surface area contributed by atoms with E-state index in [1.807, 2.05) is 38.1 Å². The minimum absolute atomic E-state index is 0.238. The number of carbonyl (C=O) groups is 1. The number of ether oxygens (including phenoxy) is 1. The summed E-state index contributed by atoms with van der Waals surface area (Å²) in [4.78, 5) is 17.1. The highest BCUT2D eigenvalue weighted by molar-refractivity contribution is 7.88. The highest BCUT2D eigenvalue weighted by Gasteiger charge is 2.27. The number of pyridine rings is 1. The van der Waals surface area contributed by atoms with Gasteiger partial charge in [0.2, 0.25) is 10.0 Å². The summed E-state index contributed by atoms with van der Waals surface area (Å²) in [5, 5.41) is 3.75. The van der Waals surface area contributed by atoms with Crippen LogP contribution in [0.3, 0.4) is 0 Å². The fourth-order valence-corrected chi connectivity index (χ4v) is 3.93. The van der Waals surface area contributed by atoms with Crippen molar-refractivity contribution < 1.29 is 17.9 Å². The van der Waals surface area contributed by atoms with E-state index in [9.17, 15) is 13.2 Å². The molecule has 0 unspecified atom stereocenters. The molecule has 0 spiro atoms. The number of fused-ring (bicyclic) bond motifs is 1. The Kier molecular flexibility index (Phi) is 5.27. The molecule has 1 aliphatic heterocycles. The molecule has 0 aliphatic carbocycles. The normalized spacial score (nSPS) is 18.8. The van der Waals surface area contributed by atoms with Gasteiger partial charge in [-0.25, -0.2) is 8.42 Å². The topological polar surface area (TPSA) is 88.6 Å². The molecule has 3 rings (SSSR count). The summed E-state index contributed by atoms with van der Waals surface area (Å²) in [6.07, 6.45) is 0.818. The maximum atomic E-state index is 12.6. The van der Waals surface area contributed by atoms with Gasteiger partial charge in [-0.2, -0.15) is 4.31 Å². The zero-order valence-corrected chi connectivity index (χ0v) is 16.0. The highest BCUT2D eigenvalue weighted by atomic mass is 32.2. The monoisotopic (exact) mass is 377 g/mol. The van der Waals surface area contributed by atoms with Crippen LogP contribution in [0.5, 0.6) is 0 Å². The van der Waals surface area contributed by atoms with Crippen molar-refractivity contribution in [3.8, 4) is 0 Å². The van der Waals surface area contributed by atoms with E-state index < -0.39 is 10.0 Å². The molecule has 0 saturated carbocycles. The second kappa shape index (κ2) is 7.30. The number of nitrogens with zero attached hydrogens (tertiary/aromatic N) is 2. The number of amides is 1. The fourth-order valence-electron chi connectivity index (χ4n) is 3.09. The van der Waals surface area contributed by atoms with E-state index in [4.69, 9.17) is 4.74 Å². The smallest absolute Gasteiger partial charge is 0.253 e. The zero-order chi connectivity index (χ0) is 18.9. The third-order valence-corrected chi connectivity index (χ3v) is 5.81. The first-order valence-corrected chi connectivity index (χ1v) is 10.3. The maximum Gasteiger partial charge on any atom is 0.253 e. The Bertz CT molecular complexity index is 943. The van der Waals surface area contributed by atoms with Crippen LogP contribution in [0.1, 0.15) is 21.6 Å². The molecule has 0 bridgehead atoms. The minimum atomic E-state index is -3.25. The first kappa shape index (κ1) is 18.8. The van der Waals surface area contributed by atoms with E-state index in [-0.39, 0.29) is 25.1 Å². The molecule has 1 aliphatic rings. The van der Waals surface area contributed by atoms with E-state index in [0.29, 0.717) is 24.4 Å². The van der Waals surface area contributed by atoms with E-state index in [2.05, 4.69) is 10.3 Å². The lowest BCUT2D eigenvalue weighted by atomic mass is 10.1. The Morgan fingerprint density at radius 3 is 2.88 bits per heavy atom. The molecule has 7 nitrogen and oxygen atoms in total. The second-order valence-corrected chi connectivity index (χ2v) is 8.57. The molecule has 1 aromatic heterocycles. The maximum absolute atomic E-state index is 12.6. The van der Waals surface area contributed by atoms with Crippen molar-refractivity contribution in [1.29, 1.82) is 0 Å². The van der Waals surface area contributed by atoms with Gasteiger partial charge in [0.25, 0.3) is 5.91 Å². The largest absolute Gasteiger partial charge is 0.374 e. The van der Waals surface area contributed by atoms with Crippen LogP contribution in [-0.2, 0) is 14.8 Å². The number of aromatic nitrogens is 1. The van der Waals surface area contributed by atoms with Crippen LogP contribution in [0.2, 0.25) is 0 Å². The number of benzene rings is 1. The Morgan fingerprint density at radius 2 is 2.15 bits per heavy atom. The summed E-state index contributed by atoms with van der Waals surface area (Å²) in [5.41, 5.74) is 3.13. The van der Waals surface area contributed by atoms with Crippen LogP contribution >= 0.6 is 0 Å². The van der Waals surface area contributed by atoms with Crippen LogP contribution < -0.4 is 5.32 Å². The molecule has 1 atom stereocenters. The van der Waals surface area contributed by atoms with E-state index >= 15 is 0 Å². The molecule has 1 aromatic carbocycles. The van der Waals surface area contributed by atoms with Crippen LogP contribution in [-0.4, -0.2) is 62.2 Å². The predicted molar refractivity (Wildman–Crippen MR) is 99.7 cm³/mol. The van der Waals surface area contributed by atoms with Gasteiger partial charge in [0.1, 0.15) is 0 Å². The number of carbonyl (C=O) groups excluding carboxylic acids is 1. The van der Waals surface area contributed by atoms with Gasteiger partial charge in [0, 0.05) is 25.0 Å². The molecule has 0 radical (unpaired) electrons. The van der Waals surface area contributed by atoms with Gasteiger partial charge >= 0.3 is 0 Å². The van der Waals surface area contributed by atoms with Gasteiger partial charge in [0.15, 0.2) is 0 Å². The number of morpholine rings is 1. The minimum Gasteiger partial charge on any atom is -0.374 e. The molecule has 1 fully saturated rings. The van der Waals surface area contributed by atoms with Crippen molar-refractivity contribution in [1.82, 2.24) is 14.6 Å². The van der Waals surface area contributed by atoms with Crippen molar-refractivity contribution in [2.24, 2.45) is 0 Å². The van der Waals surface area contributed by atoms with E-state index in [0.717, 1.165) is 16.5 Å². The number of aryl methyl sites for hydroxylation is 2. The van der Waals surface area contributed by atoms with Gasteiger partial charge in [-0.15, -0.1) is 0 Å². The zero-order valence-electron chi connectivity index (χ0n) is 15.2. The Morgan fingerprint density at radius 1 is 1.38 bits per heavy atom. The molecule has 140 valence electrons. The summed E-state index contributed by atoms with van der Waals surface area (Å²) in [6, 6.07) is 7.69. The molecular weight excluding hydrogens is 354 g/mol. The lowest BCUT2D eigenvalue weighted by Gasteiger charge is -2.31. The quantitative estimate of drug-likeness (QED) is 0.866. The number of hydrogen-bond acceptors (Lipinski definition) is 5. The van der Waals surface area contributed by atoms with Crippen molar-refractivity contribution >= 4 is 26.8 Å². The summed E-state index contributed by atoms with van der Waals surface area (Å²) >= 11 is 0. The Balaban J connectivity index is 1.70. The average molecular weight is 377 g/mol. The van der Waals surface area contributed by atoms with Crippen molar-refractivity contribution in [3.63, 3.8) is 0 Å². The van der Waals surface area contributed by atoms with Crippen molar-refractivity contribution in [3.05, 3.63) is 41.1 Å². The third-order valence-electron chi connectivity index (χ3n) is 4.54. The first-order valence-electron chi connectivity index (χ1n) is 8.47. The fraction of sp³-hybridized carbons (Fsp3) is 0.444. The molecule has 8 heteroatoms. The van der Waals surface area contributed by atoms with Gasteiger partial charge < -0.3 is 10.1 Å². The van der Waals surface area contributed by atoms with E-state index in [1.165, 1.54) is 10.6 Å². The molecule has 1 N–H and O–H groups in total. The number of sulfonamides is 1. The lowest BCUT2D eigenvalue weighted by Crippen LogP contribution is -2.49. The first-order chi connectivity index (χ1) is 12.3. The van der Waals surface area contributed by atoms with E-state index in [1.54, 1.807) is 0 Å². The van der Waals surface area contributed by atoms with Gasteiger partial charge in [-0.3, -0.25) is 9.78 Å². The van der Waals surface area contributed by atoms with Crippen LogP contribution in [0.25, 0.3) is 10.9 Å². The Hall–Kier alpha value is -2.03. The number of para-hydroxylation sites is 1. The molecule has 1 amide bonds. The third kappa shape index (κ3) is 4.03. The van der Waals surface area contributed by atoms with Gasteiger partial charge in [-0.1, -0.05) is 18.2 Å². The number of rotatable bonds is 4. The summed E-state index contributed by atoms with van der Waals surface area (Å²) in [7, 11) is -3.25. The molecule has 2 heterocycles. The van der Waals surface area contributed by atoms with Gasteiger partial charge in [0.05, 0.1) is 35.7 Å². The molecule has 26 heavy (non-hydrogen) atoms. The average Bonchev–Trinajstić information content (AvgIpc) is 2.59. The van der Waals surface area contributed by atoms with Crippen LogP contribution in [0.15, 0.2) is 24.3 Å². The molecule has 1 saturated heterocycles. The predicted octanol–water partition coefficient (Wildman–Crippen LogP) is 1.24. The van der Waals surface area contributed by atoms with Crippen molar-refractivity contribution in [2.75, 3.05) is 32.5 Å². The highest BCUT2D eigenvalue weighted by Crippen LogP contribution is 2.19. The summed E-state index contributed by atoms with van der Waals surface area (Å²) < 4.78 is 30.3. The van der Waals surface area contributed by atoms with Gasteiger partial charge in [-0.05, 0) is 25.5 Å².